The van der Waals surface area contributed by atoms with Gasteiger partial charge in [-0.05, 0) is 32.1 Å². The molecule has 104 valence electrons. The van der Waals surface area contributed by atoms with Crippen LogP contribution < -0.4 is 0 Å². The number of fused-ring (bicyclic) bond motifs is 3. The summed E-state index contributed by atoms with van der Waals surface area (Å²) in [6.45, 7) is 7.57. The van der Waals surface area contributed by atoms with Crippen molar-refractivity contribution in [1.82, 2.24) is 0 Å². The fourth-order valence-corrected chi connectivity index (χ4v) is 4.35. The van der Waals surface area contributed by atoms with Gasteiger partial charge in [0.2, 0.25) is 0 Å². The van der Waals surface area contributed by atoms with Gasteiger partial charge in [0.15, 0.2) is 0 Å². The quantitative estimate of drug-likeness (QED) is 0.533. The molecule has 0 spiro atoms. The molecule has 2 aliphatic carbocycles. The van der Waals surface area contributed by atoms with Crippen molar-refractivity contribution < 1.29 is 19.4 Å². The predicted octanol–water partition coefficient (Wildman–Crippen LogP) is 1.61. The number of ether oxygens (including phenoxy) is 1. The molecular weight excluding hydrogens is 244 g/mol. The zero-order valence-corrected chi connectivity index (χ0v) is 11.4. The van der Waals surface area contributed by atoms with Crippen LogP contribution in [-0.4, -0.2) is 28.6 Å². The molecule has 3 rings (SSSR count). The van der Waals surface area contributed by atoms with Crippen LogP contribution in [0, 0.1) is 17.3 Å². The summed E-state index contributed by atoms with van der Waals surface area (Å²) in [5, 5.41) is 11.1. The number of hydrogen-bond acceptors (Lipinski definition) is 4. The van der Waals surface area contributed by atoms with Crippen molar-refractivity contribution in [1.29, 1.82) is 0 Å². The minimum atomic E-state index is -1.06. The second-order valence-corrected chi connectivity index (χ2v) is 6.49. The van der Waals surface area contributed by atoms with Gasteiger partial charge < -0.3 is 9.84 Å². The van der Waals surface area contributed by atoms with E-state index in [-0.39, 0.29) is 17.6 Å². The van der Waals surface area contributed by atoms with Crippen LogP contribution in [0.1, 0.15) is 39.5 Å². The van der Waals surface area contributed by atoms with E-state index in [0.29, 0.717) is 18.4 Å². The minimum absolute atomic E-state index is 0.0150. The first kappa shape index (κ1) is 12.9. The lowest BCUT2D eigenvalue weighted by Gasteiger charge is -2.43. The van der Waals surface area contributed by atoms with Crippen LogP contribution in [0.25, 0.3) is 0 Å². The summed E-state index contributed by atoms with van der Waals surface area (Å²) in [4.78, 5) is 24.2. The van der Waals surface area contributed by atoms with E-state index in [1.165, 1.54) is 0 Å². The zero-order valence-electron chi connectivity index (χ0n) is 11.4. The summed E-state index contributed by atoms with van der Waals surface area (Å²) in [6, 6.07) is 0. The summed E-state index contributed by atoms with van der Waals surface area (Å²) < 4.78 is 5.44. The first-order valence-electron chi connectivity index (χ1n) is 6.98. The van der Waals surface area contributed by atoms with Crippen LogP contribution in [0.15, 0.2) is 12.2 Å². The maximum Gasteiger partial charge on any atom is 0.334 e. The highest BCUT2D eigenvalue weighted by molar-refractivity contribution is 5.94. The molecule has 0 bridgehead atoms. The lowest BCUT2D eigenvalue weighted by molar-refractivity contribution is -0.171. The Labute approximate surface area is 112 Å². The Morgan fingerprint density at radius 3 is 2.74 bits per heavy atom. The van der Waals surface area contributed by atoms with Crippen molar-refractivity contribution in [2.75, 3.05) is 0 Å². The van der Waals surface area contributed by atoms with E-state index in [4.69, 9.17) is 4.74 Å². The van der Waals surface area contributed by atoms with Crippen LogP contribution in [0.3, 0.4) is 0 Å². The molecule has 5 atom stereocenters. The number of esters is 1. The van der Waals surface area contributed by atoms with Crippen LogP contribution in [0.5, 0.6) is 0 Å². The molecule has 4 nitrogen and oxygen atoms in total. The van der Waals surface area contributed by atoms with Crippen LogP contribution in [0.2, 0.25) is 0 Å². The summed E-state index contributed by atoms with van der Waals surface area (Å²) >= 11 is 0. The Hall–Kier alpha value is -1.16. The van der Waals surface area contributed by atoms with Gasteiger partial charge in [-0.15, -0.1) is 0 Å². The SMILES string of the molecule is C=C1C(=O)O[C@@H]2[C@H]1CC[C@@H](C)[C@]1(O)CCC(=O)[C@@]21C. The number of carbonyl (C=O) groups excluding carboxylic acids is 2. The molecule has 1 saturated heterocycles. The maximum atomic E-state index is 12.4. The highest BCUT2D eigenvalue weighted by atomic mass is 16.6. The molecule has 0 amide bonds. The Morgan fingerprint density at radius 2 is 2.05 bits per heavy atom. The van der Waals surface area contributed by atoms with E-state index < -0.39 is 23.1 Å². The molecule has 1 N–H and O–H groups in total. The monoisotopic (exact) mass is 264 g/mol. The van der Waals surface area contributed by atoms with Crippen molar-refractivity contribution >= 4 is 11.8 Å². The summed E-state index contributed by atoms with van der Waals surface area (Å²) in [5.74, 6) is -0.494. The highest BCUT2D eigenvalue weighted by Gasteiger charge is 2.68. The number of ketones is 1. The molecule has 0 aromatic rings. The van der Waals surface area contributed by atoms with Crippen molar-refractivity contribution in [3.05, 3.63) is 12.2 Å². The topological polar surface area (TPSA) is 63.6 Å². The fourth-order valence-electron chi connectivity index (χ4n) is 4.35. The average Bonchev–Trinajstić information content (AvgIpc) is 2.76. The normalized spacial score (nSPS) is 49.6. The van der Waals surface area contributed by atoms with E-state index in [1.807, 2.05) is 6.92 Å². The van der Waals surface area contributed by atoms with Gasteiger partial charge in [0.25, 0.3) is 0 Å². The Balaban J connectivity index is 2.14. The molecule has 0 radical (unpaired) electrons. The Morgan fingerprint density at radius 1 is 1.37 bits per heavy atom. The van der Waals surface area contributed by atoms with Gasteiger partial charge in [0, 0.05) is 17.9 Å². The summed E-state index contributed by atoms with van der Waals surface area (Å²) in [5.41, 5.74) is -1.58. The second-order valence-electron chi connectivity index (χ2n) is 6.49. The molecule has 0 unspecified atom stereocenters. The first-order chi connectivity index (χ1) is 8.82. The second kappa shape index (κ2) is 3.69. The Kier molecular flexibility index (Phi) is 2.50. The number of Topliss-reactive ketones (excluding diaryl/α,β-unsaturated/α-hetero) is 1. The van der Waals surface area contributed by atoms with Gasteiger partial charge in [-0.2, -0.15) is 0 Å². The molecule has 2 saturated carbocycles. The average molecular weight is 264 g/mol. The van der Waals surface area contributed by atoms with E-state index in [2.05, 4.69) is 6.58 Å². The third-order valence-corrected chi connectivity index (χ3v) is 5.82. The van der Waals surface area contributed by atoms with Gasteiger partial charge in [0.05, 0.1) is 11.0 Å². The summed E-state index contributed by atoms with van der Waals surface area (Å²) in [6.07, 6.45) is 1.83. The summed E-state index contributed by atoms with van der Waals surface area (Å²) in [7, 11) is 0. The van der Waals surface area contributed by atoms with Crippen LogP contribution in [-0.2, 0) is 14.3 Å². The van der Waals surface area contributed by atoms with Gasteiger partial charge in [-0.25, -0.2) is 4.79 Å². The molecule has 0 aromatic heterocycles. The molecule has 4 heteroatoms. The third kappa shape index (κ3) is 1.33. The Bertz CT molecular complexity index is 483. The lowest BCUT2D eigenvalue weighted by atomic mass is 9.65. The first-order valence-corrected chi connectivity index (χ1v) is 6.98. The molecule has 19 heavy (non-hydrogen) atoms. The van der Waals surface area contributed by atoms with Crippen LogP contribution in [0.4, 0.5) is 0 Å². The zero-order chi connectivity index (χ0) is 14.0. The molecule has 1 aliphatic heterocycles. The number of hydrogen-bond donors (Lipinski definition) is 1. The number of aliphatic hydroxyl groups is 1. The van der Waals surface area contributed by atoms with E-state index in [9.17, 15) is 14.7 Å². The highest BCUT2D eigenvalue weighted by Crippen LogP contribution is 2.58. The van der Waals surface area contributed by atoms with Crippen molar-refractivity contribution in [3.63, 3.8) is 0 Å². The number of rotatable bonds is 0. The minimum Gasteiger partial charge on any atom is -0.457 e. The van der Waals surface area contributed by atoms with E-state index in [0.717, 1.165) is 12.8 Å². The maximum absolute atomic E-state index is 12.4. The molecule has 1 heterocycles. The molecule has 3 fully saturated rings. The molecule has 0 aromatic carbocycles. The van der Waals surface area contributed by atoms with E-state index >= 15 is 0 Å². The smallest absolute Gasteiger partial charge is 0.334 e. The third-order valence-electron chi connectivity index (χ3n) is 5.82. The molecule has 3 aliphatic rings. The van der Waals surface area contributed by atoms with Gasteiger partial charge in [0.1, 0.15) is 11.9 Å². The van der Waals surface area contributed by atoms with Crippen molar-refractivity contribution in [3.8, 4) is 0 Å². The van der Waals surface area contributed by atoms with Crippen molar-refractivity contribution in [2.45, 2.75) is 51.2 Å². The predicted molar refractivity (Wildman–Crippen MR) is 68.2 cm³/mol. The largest absolute Gasteiger partial charge is 0.457 e. The van der Waals surface area contributed by atoms with Crippen LogP contribution >= 0.6 is 0 Å². The van der Waals surface area contributed by atoms with E-state index in [1.54, 1.807) is 6.92 Å². The molecular formula is C15H20O4. The fraction of sp³-hybridized carbons (Fsp3) is 0.733. The number of carbonyl (C=O) groups is 2. The van der Waals surface area contributed by atoms with Crippen molar-refractivity contribution in [2.24, 2.45) is 17.3 Å². The standard InChI is InChI=1S/C15H20O4/c1-8-4-5-10-9(2)13(17)19-12(10)14(3)11(16)6-7-15(8,14)18/h8,10,12,18H,2,4-7H2,1,3H3/t8-,10+,12-,14+,15-/m1/s1. The van der Waals surface area contributed by atoms with Gasteiger partial charge in [-0.3, -0.25) is 4.79 Å². The lowest BCUT2D eigenvalue weighted by Crippen LogP contribution is -2.56. The van der Waals surface area contributed by atoms with Gasteiger partial charge >= 0.3 is 5.97 Å². The van der Waals surface area contributed by atoms with Gasteiger partial charge in [-0.1, -0.05) is 13.5 Å².